The van der Waals surface area contributed by atoms with Gasteiger partial charge in [-0.25, -0.2) is 0 Å². The maximum Gasteiger partial charge on any atom is 0.220 e. The van der Waals surface area contributed by atoms with Crippen LogP contribution >= 0.6 is 0 Å². The lowest BCUT2D eigenvalue weighted by Crippen LogP contribution is -2.24. The average molecular weight is 295 g/mol. The number of carbonyl (C=O) groups excluding carboxylic acids is 1. The summed E-state index contributed by atoms with van der Waals surface area (Å²) in [5.41, 5.74) is 2.88. The first-order valence-corrected chi connectivity index (χ1v) is 7.94. The van der Waals surface area contributed by atoms with E-state index in [-0.39, 0.29) is 5.91 Å². The molecule has 2 aromatic heterocycles. The van der Waals surface area contributed by atoms with Gasteiger partial charge in [0.2, 0.25) is 5.91 Å². The molecule has 0 aliphatic heterocycles. The molecule has 0 saturated heterocycles. The van der Waals surface area contributed by atoms with Crippen molar-refractivity contribution in [2.45, 2.75) is 38.6 Å². The summed E-state index contributed by atoms with van der Waals surface area (Å²) in [6, 6.07) is 7.79. The van der Waals surface area contributed by atoms with Crippen LogP contribution in [0.4, 0.5) is 0 Å². The fraction of sp³-hybridized carbons (Fsp3) is 0.389. The fourth-order valence-electron chi connectivity index (χ4n) is 3.09. The second-order valence-electron chi connectivity index (χ2n) is 5.88. The number of carbonyl (C=O) groups is 1. The van der Waals surface area contributed by atoms with Gasteiger partial charge in [-0.05, 0) is 42.5 Å². The van der Waals surface area contributed by atoms with Gasteiger partial charge in [0.15, 0.2) is 0 Å². The molecule has 3 rings (SSSR count). The highest BCUT2D eigenvalue weighted by molar-refractivity contribution is 5.76. The Bertz CT molecular complexity index is 621. The quantitative estimate of drug-likeness (QED) is 0.920. The molecule has 1 aliphatic carbocycles. The number of rotatable bonds is 5. The van der Waals surface area contributed by atoms with E-state index < -0.39 is 0 Å². The molecular weight excluding hydrogens is 274 g/mol. The summed E-state index contributed by atoms with van der Waals surface area (Å²) >= 11 is 0. The normalized spacial score (nSPS) is 14.9. The number of aromatic nitrogens is 2. The summed E-state index contributed by atoms with van der Waals surface area (Å²) in [6.07, 6.45) is 10.9. The molecule has 0 spiro atoms. The Morgan fingerprint density at radius 2 is 2.00 bits per heavy atom. The van der Waals surface area contributed by atoms with Crippen LogP contribution in [0.5, 0.6) is 0 Å². The van der Waals surface area contributed by atoms with Crippen LogP contribution in [0, 0.1) is 5.92 Å². The van der Waals surface area contributed by atoms with Gasteiger partial charge in [-0.1, -0.05) is 18.9 Å². The van der Waals surface area contributed by atoms with Crippen molar-refractivity contribution < 1.29 is 4.79 Å². The molecule has 1 amide bonds. The van der Waals surface area contributed by atoms with E-state index in [0.29, 0.717) is 18.9 Å². The van der Waals surface area contributed by atoms with Gasteiger partial charge >= 0.3 is 0 Å². The maximum absolute atomic E-state index is 12.1. The Morgan fingerprint density at radius 3 is 2.77 bits per heavy atom. The van der Waals surface area contributed by atoms with Crippen molar-refractivity contribution >= 4 is 5.91 Å². The predicted molar refractivity (Wildman–Crippen MR) is 85.9 cm³/mol. The molecule has 2 heterocycles. The molecule has 22 heavy (non-hydrogen) atoms. The number of amides is 1. The Labute approximate surface area is 131 Å². The smallest absolute Gasteiger partial charge is 0.220 e. The van der Waals surface area contributed by atoms with Gasteiger partial charge in [0.25, 0.3) is 0 Å². The minimum absolute atomic E-state index is 0.146. The molecule has 1 saturated carbocycles. The van der Waals surface area contributed by atoms with Crippen molar-refractivity contribution in [2.24, 2.45) is 5.92 Å². The molecule has 1 N–H and O–H groups in total. The SMILES string of the molecule is O=C(CC1CCCC1)NCc1cccnc1-c1cccnc1. The van der Waals surface area contributed by atoms with Gasteiger partial charge in [0.05, 0.1) is 5.69 Å². The Morgan fingerprint density at radius 1 is 1.18 bits per heavy atom. The van der Waals surface area contributed by atoms with Gasteiger partial charge in [0, 0.05) is 37.1 Å². The van der Waals surface area contributed by atoms with E-state index in [1.54, 1.807) is 18.6 Å². The van der Waals surface area contributed by atoms with E-state index >= 15 is 0 Å². The molecule has 114 valence electrons. The van der Waals surface area contributed by atoms with E-state index in [1.165, 1.54) is 25.7 Å². The molecular formula is C18H21N3O. The summed E-state index contributed by atoms with van der Waals surface area (Å²) in [5.74, 6) is 0.722. The number of pyridine rings is 2. The summed E-state index contributed by atoms with van der Waals surface area (Å²) in [7, 11) is 0. The second-order valence-corrected chi connectivity index (χ2v) is 5.88. The van der Waals surface area contributed by atoms with E-state index in [1.807, 2.05) is 24.3 Å². The standard InChI is InChI=1S/C18H21N3O/c22-17(11-14-5-1-2-6-14)21-13-16-8-4-10-20-18(16)15-7-3-9-19-12-15/h3-4,7-10,12,14H,1-2,5-6,11,13H2,(H,21,22). The van der Waals surface area contributed by atoms with Crippen LogP contribution in [0.2, 0.25) is 0 Å². The van der Waals surface area contributed by atoms with Gasteiger partial charge < -0.3 is 5.32 Å². The Kier molecular flexibility index (Phi) is 4.78. The van der Waals surface area contributed by atoms with Crippen LogP contribution in [0.3, 0.4) is 0 Å². The Balaban J connectivity index is 1.64. The van der Waals surface area contributed by atoms with Gasteiger partial charge in [-0.15, -0.1) is 0 Å². The van der Waals surface area contributed by atoms with Crippen molar-refractivity contribution in [3.8, 4) is 11.3 Å². The third-order valence-electron chi connectivity index (χ3n) is 4.25. The summed E-state index contributed by atoms with van der Waals surface area (Å²) < 4.78 is 0. The first-order valence-electron chi connectivity index (χ1n) is 7.94. The number of hydrogen-bond donors (Lipinski definition) is 1. The lowest BCUT2D eigenvalue weighted by molar-refractivity contribution is -0.122. The lowest BCUT2D eigenvalue weighted by Gasteiger charge is -2.12. The van der Waals surface area contributed by atoms with E-state index in [9.17, 15) is 4.79 Å². The van der Waals surface area contributed by atoms with Crippen molar-refractivity contribution in [1.82, 2.24) is 15.3 Å². The second kappa shape index (κ2) is 7.16. The van der Waals surface area contributed by atoms with Crippen molar-refractivity contribution in [1.29, 1.82) is 0 Å². The van der Waals surface area contributed by atoms with Gasteiger partial charge in [-0.2, -0.15) is 0 Å². The lowest BCUT2D eigenvalue weighted by atomic mass is 10.0. The van der Waals surface area contributed by atoms with Gasteiger partial charge in [-0.3, -0.25) is 14.8 Å². The van der Waals surface area contributed by atoms with Crippen LogP contribution < -0.4 is 5.32 Å². The molecule has 0 atom stereocenters. The minimum Gasteiger partial charge on any atom is -0.352 e. The largest absolute Gasteiger partial charge is 0.352 e. The number of nitrogens with zero attached hydrogens (tertiary/aromatic N) is 2. The highest BCUT2D eigenvalue weighted by Gasteiger charge is 2.18. The highest BCUT2D eigenvalue weighted by atomic mass is 16.1. The number of nitrogens with one attached hydrogen (secondary N) is 1. The zero-order chi connectivity index (χ0) is 15.2. The molecule has 0 aromatic carbocycles. The topological polar surface area (TPSA) is 54.9 Å². The molecule has 4 nitrogen and oxygen atoms in total. The minimum atomic E-state index is 0.146. The van der Waals surface area contributed by atoms with Crippen molar-refractivity contribution in [2.75, 3.05) is 0 Å². The molecule has 1 aliphatic rings. The van der Waals surface area contributed by atoms with E-state index in [2.05, 4.69) is 15.3 Å². The molecule has 1 fully saturated rings. The van der Waals surface area contributed by atoms with Gasteiger partial charge in [0.1, 0.15) is 0 Å². The summed E-state index contributed by atoms with van der Waals surface area (Å²) in [6.45, 7) is 0.517. The summed E-state index contributed by atoms with van der Waals surface area (Å²) in [4.78, 5) is 20.7. The third kappa shape index (κ3) is 3.70. The number of hydrogen-bond acceptors (Lipinski definition) is 3. The van der Waals surface area contributed by atoms with Crippen LogP contribution in [0.15, 0.2) is 42.9 Å². The average Bonchev–Trinajstić information content (AvgIpc) is 3.07. The molecule has 0 radical (unpaired) electrons. The third-order valence-corrected chi connectivity index (χ3v) is 4.25. The van der Waals surface area contributed by atoms with Crippen molar-refractivity contribution in [3.05, 3.63) is 48.4 Å². The maximum atomic E-state index is 12.1. The predicted octanol–water partition coefficient (Wildman–Crippen LogP) is 3.34. The van der Waals surface area contributed by atoms with Crippen LogP contribution in [0.25, 0.3) is 11.3 Å². The monoisotopic (exact) mass is 295 g/mol. The van der Waals surface area contributed by atoms with Crippen LogP contribution in [-0.4, -0.2) is 15.9 Å². The molecule has 4 heteroatoms. The van der Waals surface area contributed by atoms with Crippen LogP contribution in [0.1, 0.15) is 37.7 Å². The molecule has 0 bridgehead atoms. The van der Waals surface area contributed by atoms with E-state index in [4.69, 9.17) is 0 Å². The fourth-order valence-corrected chi connectivity index (χ4v) is 3.09. The van der Waals surface area contributed by atoms with Crippen LogP contribution in [-0.2, 0) is 11.3 Å². The molecule has 0 unspecified atom stereocenters. The zero-order valence-corrected chi connectivity index (χ0v) is 12.7. The summed E-state index contributed by atoms with van der Waals surface area (Å²) in [5, 5.41) is 3.04. The first-order chi connectivity index (χ1) is 10.8. The first kappa shape index (κ1) is 14.7. The van der Waals surface area contributed by atoms with Crippen molar-refractivity contribution in [3.63, 3.8) is 0 Å². The zero-order valence-electron chi connectivity index (χ0n) is 12.7. The Hall–Kier alpha value is -2.23. The van der Waals surface area contributed by atoms with E-state index in [0.717, 1.165) is 16.8 Å². The molecule has 2 aromatic rings. The highest BCUT2D eigenvalue weighted by Crippen LogP contribution is 2.27.